The molecule has 4 unspecified atom stereocenters. The van der Waals surface area contributed by atoms with Crippen LogP contribution in [0.15, 0.2) is 12.3 Å². The number of hydrogen-bond donors (Lipinski definition) is 2. The zero-order valence-electron chi connectivity index (χ0n) is 11.7. The van der Waals surface area contributed by atoms with Crippen LogP contribution in [0.2, 0.25) is 0 Å². The van der Waals surface area contributed by atoms with Gasteiger partial charge in [-0.25, -0.2) is 4.98 Å². The van der Waals surface area contributed by atoms with E-state index in [1.165, 1.54) is 6.20 Å². The average molecular weight is 291 g/mol. The summed E-state index contributed by atoms with van der Waals surface area (Å²) in [5.41, 5.74) is 0.496. The fourth-order valence-corrected chi connectivity index (χ4v) is 3.84. The lowest BCUT2D eigenvalue weighted by molar-refractivity contribution is -0.385. The van der Waals surface area contributed by atoms with Crippen molar-refractivity contribution in [3.8, 4) is 0 Å². The van der Waals surface area contributed by atoms with Gasteiger partial charge in [0, 0.05) is 11.6 Å². The van der Waals surface area contributed by atoms with Crippen molar-refractivity contribution in [1.29, 1.82) is 0 Å². The Morgan fingerprint density at radius 3 is 2.81 bits per heavy atom. The molecule has 1 heterocycles. The lowest BCUT2D eigenvalue weighted by Crippen LogP contribution is -2.39. The van der Waals surface area contributed by atoms with Crippen molar-refractivity contribution >= 4 is 17.5 Å². The number of carboxylic acids is 1. The molecular formula is C14H17N3O4. The predicted octanol–water partition coefficient (Wildman–Crippen LogP) is 2.21. The van der Waals surface area contributed by atoms with Gasteiger partial charge in [0.2, 0.25) is 0 Å². The molecule has 2 aliphatic carbocycles. The summed E-state index contributed by atoms with van der Waals surface area (Å²) >= 11 is 0. The number of carbonyl (C=O) groups is 1. The van der Waals surface area contributed by atoms with Gasteiger partial charge in [-0.1, -0.05) is 0 Å². The summed E-state index contributed by atoms with van der Waals surface area (Å²) in [6, 6.07) is 1.48. The van der Waals surface area contributed by atoms with E-state index in [2.05, 4.69) is 10.3 Å². The molecule has 2 N–H and O–H groups in total. The van der Waals surface area contributed by atoms with Crippen molar-refractivity contribution in [3.63, 3.8) is 0 Å². The van der Waals surface area contributed by atoms with Crippen LogP contribution in [0.25, 0.3) is 0 Å². The Bertz CT molecular complexity index is 604. The van der Waals surface area contributed by atoms with Gasteiger partial charge < -0.3 is 10.4 Å². The number of fused-ring (bicyclic) bond motifs is 2. The van der Waals surface area contributed by atoms with E-state index >= 15 is 0 Å². The van der Waals surface area contributed by atoms with Gasteiger partial charge in [0.25, 0.3) is 5.69 Å². The van der Waals surface area contributed by atoms with E-state index in [0.29, 0.717) is 17.3 Å². The fourth-order valence-electron chi connectivity index (χ4n) is 3.84. The summed E-state index contributed by atoms with van der Waals surface area (Å²) < 4.78 is 0. The van der Waals surface area contributed by atoms with Gasteiger partial charge in [-0.15, -0.1) is 0 Å². The Morgan fingerprint density at radius 2 is 2.19 bits per heavy atom. The van der Waals surface area contributed by atoms with Crippen LogP contribution in [0.3, 0.4) is 0 Å². The molecule has 2 fully saturated rings. The first-order valence-electron chi connectivity index (χ1n) is 7.07. The molecule has 112 valence electrons. The normalized spacial score (nSPS) is 30.3. The molecule has 4 atom stereocenters. The van der Waals surface area contributed by atoms with E-state index in [0.717, 1.165) is 19.3 Å². The summed E-state index contributed by atoms with van der Waals surface area (Å²) in [7, 11) is 0. The highest BCUT2D eigenvalue weighted by Crippen LogP contribution is 2.49. The molecule has 0 amide bonds. The molecule has 2 saturated carbocycles. The Morgan fingerprint density at radius 1 is 1.48 bits per heavy atom. The molecule has 0 spiro atoms. The second-order valence-corrected chi connectivity index (χ2v) is 5.98. The molecule has 7 nitrogen and oxygen atoms in total. The third-order valence-electron chi connectivity index (χ3n) is 4.80. The molecule has 0 saturated heterocycles. The molecule has 3 rings (SSSR count). The van der Waals surface area contributed by atoms with Gasteiger partial charge >= 0.3 is 5.97 Å². The van der Waals surface area contributed by atoms with Gasteiger partial charge in [-0.05, 0) is 44.1 Å². The van der Waals surface area contributed by atoms with E-state index in [1.54, 1.807) is 13.0 Å². The van der Waals surface area contributed by atoms with Crippen molar-refractivity contribution in [2.75, 3.05) is 5.32 Å². The van der Waals surface area contributed by atoms with Crippen molar-refractivity contribution < 1.29 is 14.8 Å². The van der Waals surface area contributed by atoms with E-state index in [4.69, 9.17) is 0 Å². The Labute approximate surface area is 121 Å². The largest absolute Gasteiger partial charge is 0.481 e. The van der Waals surface area contributed by atoms with Crippen molar-refractivity contribution in [3.05, 3.63) is 27.9 Å². The molecule has 2 aliphatic rings. The SMILES string of the molecule is Cc1cc(NC2C3CCC(C3)C2C(=O)O)ncc1[N+](=O)[O-]. The number of nitro groups is 1. The number of aliphatic carboxylic acids is 1. The zero-order chi connectivity index (χ0) is 15.1. The third kappa shape index (κ3) is 2.32. The Hall–Kier alpha value is -2.18. The van der Waals surface area contributed by atoms with Crippen molar-refractivity contribution in [2.45, 2.75) is 32.2 Å². The van der Waals surface area contributed by atoms with E-state index in [-0.39, 0.29) is 23.6 Å². The number of carboxylic acid groups (broad SMARTS) is 1. The lowest BCUT2D eigenvalue weighted by atomic mass is 9.84. The molecule has 1 aromatic heterocycles. The van der Waals surface area contributed by atoms with Crippen LogP contribution >= 0.6 is 0 Å². The number of pyridine rings is 1. The summed E-state index contributed by atoms with van der Waals surface area (Å²) in [5, 5.41) is 23.4. The summed E-state index contributed by atoms with van der Waals surface area (Å²) in [5.74, 6) is -0.0428. The van der Waals surface area contributed by atoms with E-state index in [1.807, 2.05) is 0 Å². The van der Waals surface area contributed by atoms with Crippen molar-refractivity contribution in [2.24, 2.45) is 17.8 Å². The van der Waals surface area contributed by atoms with Crippen LogP contribution in [-0.4, -0.2) is 27.0 Å². The molecule has 0 aliphatic heterocycles. The maximum Gasteiger partial charge on any atom is 0.308 e. The predicted molar refractivity (Wildman–Crippen MR) is 75.0 cm³/mol. The maximum atomic E-state index is 11.5. The molecule has 21 heavy (non-hydrogen) atoms. The molecule has 7 heteroatoms. The molecule has 0 radical (unpaired) electrons. The van der Waals surface area contributed by atoms with Crippen LogP contribution in [-0.2, 0) is 4.79 Å². The van der Waals surface area contributed by atoms with Gasteiger partial charge in [0.05, 0.1) is 10.8 Å². The third-order valence-corrected chi connectivity index (χ3v) is 4.80. The standard InChI is InChI=1S/C14H17N3O4/c1-7-4-11(15-6-10(7)17(20)21)16-13-9-3-2-8(5-9)12(13)14(18)19/h4,6,8-9,12-13H,2-3,5H2,1H3,(H,15,16)(H,18,19). The van der Waals surface area contributed by atoms with Crippen LogP contribution < -0.4 is 5.32 Å². The van der Waals surface area contributed by atoms with E-state index in [9.17, 15) is 20.0 Å². The number of nitrogens with one attached hydrogen (secondary N) is 1. The minimum Gasteiger partial charge on any atom is -0.481 e. The lowest BCUT2D eigenvalue weighted by Gasteiger charge is -2.29. The average Bonchev–Trinajstić information content (AvgIpc) is 2.98. The number of aromatic nitrogens is 1. The molecular weight excluding hydrogens is 274 g/mol. The van der Waals surface area contributed by atoms with Crippen molar-refractivity contribution in [1.82, 2.24) is 4.98 Å². The Balaban J connectivity index is 1.81. The Kier molecular flexibility index (Phi) is 3.27. The topological polar surface area (TPSA) is 105 Å². The minimum absolute atomic E-state index is 0.0247. The smallest absolute Gasteiger partial charge is 0.308 e. The minimum atomic E-state index is -0.765. The van der Waals surface area contributed by atoms with Gasteiger partial charge in [-0.3, -0.25) is 14.9 Å². The summed E-state index contributed by atoms with van der Waals surface area (Å²) in [4.78, 5) is 25.8. The maximum absolute atomic E-state index is 11.5. The number of aryl methyl sites for hydroxylation is 1. The molecule has 0 aromatic carbocycles. The van der Waals surface area contributed by atoms with Gasteiger partial charge in [-0.2, -0.15) is 0 Å². The fraction of sp³-hybridized carbons (Fsp3) is 0.571. The zero-order valence-corrected chi connectivity index (χ0v) is 11.7. The van der Waals surface area contributed by atoms with Crippen LogP contribution in [0, 0.1) is 34.8 Å². The second-order valence-electron chi connectivity index (χ2n) is 5.98. The number of hydrogen-bond acceptors (Lipinski definition) is 5. The van der Waals surface area contributed by atoms with Crippen LogP contribution in [0.1, 0.15) is 24.8 Å². The summed E-state index contributed by atoms with van der Waals surface area (Å²) in [6.45, 7) is 1.65. The first-order valence-corrected chi connectivity index (χ1v) is 7.07. The first-order chi connectivity index (χ1) is 9.97. The highest BCUT2D eigenvalue weighted by Gasteiger charge is 2.51. The van der Waals surface area contributed by atoms with Gasteiger partial charge in [0.1, 0.15) is 12.0 Å². The van der Waals surface area contributed by atoms with E-state index < -0.39 is 10.9 Å². The molecule has 2 bridgehead atoms. The van der Waals surface area contributed by atoms with Gasteiger partial charge in [0.15, 0.2) is 0 Å². The molecule has 1 aromatic rings. The quantitative estimate of drug-likeness (QED) is 0.650. The highest BCUT2D eigenvalue weighted by atomic mass is 16.6. The number of nitrogens with zero attached hydrogens (tertiary/aromatic N) is 2. The summed E-state index contributed by atoms with van der Waals surface area (Å²) in [6.07, 6.45) is 4.19. The van der Waals surface area contributed by atoms with Crippen LogP contribution in [0.5, 0.6) is 0 Å². The number of rotatable bonds is 4. The number of anilines is 1. The second kappa shape index (κ2) is 4.98. The first kappa shape index (κ1) is 13.8. The highest BCUT2D eigenvalue weighted by molar-refractivity contribution is 5.73. The monoisotopic (exact) mass is 291 g/mol. The van der Waals surface area contributed by atoms with Crippen LogP contribution in [0.4, 0.5) is 11.5 Å².